The number of fused-ring (bicyclic) bond motifs is 1. The van der Waals surface area contributed by atoms with Crippen LogP contribution in [-0.4, -0.2) is 14.1 Å². The first-order valence-electron chi connectivity index (χ1n) is 7.55. The Labute approximate surface area is 134 Å². The SMILES string of the molecule is C=C(N)[C@@H](C)Cc1ccc(-n2c(=O)n(C)c3ccccc32)cn1. The van der Waals surface area contributed by atoms with Gasteiger partial charge in [-0.25, -0.2) is 4.79 Å². The van der Waals surface area contributed by atoms with Crippen LogP contribution in [0.1, 0.15) is 12.6 Å². The van der Waals surface area contributed by atoms with Gasteiger partial charge in [-0.3, -0.25) is 14.1 Å². The summed E-state index contributed by atoms with van der Waals surface area (Å²) in [7, 11) is 1.78. The van der Waals surface area contributed by atoms with Crippen LogP contribution in [0.4, 0.5) is 0 Å². The molecule has 2 aromatic heterocycles. The van der Waals surface area contributed by atoms with Gasteiger partial charge in [0.25, 0.3) is 0 Å². The molecule has 118 valence electrons. The molecule has 5 nitrogen and oxygen atoms in total. The first-order chi connectivity index (χ1) is 11.0. The lowest BCUT2D eigenvalue weighted by Crippen LogP contribution is -2.21. The number of benzene rings is 1. The zero-order chi connectivity index (χ0) is 16.6. The Morgan fingerprint density at radius 2 is 1.96 bits per heavy atom. The Morgan fingerprint density at radius 3 is 2.57 bits per heavy atom. The Balaban J connectivity index is 2.02. The highest BCUT2D eigenvalue weighted by molar-refractivity contribution is 5.77. The van der Waals surface area contributed by atoms with Gasteiger partial charge in [0.2, 0.25) is 0 Å². The van der Waals surface area contributed by atoms with E-state index >= 15 is 0 Å². The molecule has 23 heavy (non-hydrogen) atoms. The third-order valence-corrected chi connectivity index (χ3v) is 4.18. The average molecular weight is 308 g/mol. The van der Waals surface area contributed by atoms with Gasteiger partial charge in [0, 0.05) is 24.4 Å². The van der Waals surface area contributed by atoms with E-state index in [1.54, 1.807) is 22.4 Å². The monoisotopic (exact) mass is 308 g/mol. The van der Waals surface area contributed by atoms with E-state index < -0.39 is 0 Å². The maximum Gasteiger partial charge on any atom is 0.333 e. The van der Waals surface area contributed by atoms with Gasteiger partial charge < -0.3 is 5.73 Å². The van der Waals surface area contributed by atoms with Crippen molar-refractivity contribution in [2.75, 3.05) is 0 Å². The van der Waals surface area contributed by atoms with Crippen molar-refractivity contribution in [1.82, 2.24) is 14.1 Å². The lowest BCUT2D eigenvalue weighted by atomic mass is 10.0. The van der Waals surface area contributed by atoms with Gasteiger partial charge in [-0.2, -0.15) is 0 Å². The molecule has 0 fully saturated rings. The van der Waals surface area contributed by atoms with Gasteiger partial charge in [0.15, 0.2) is 0 Å². The number of nitrogens with zero attached hydrogens (tertiary/aromatic N) is 3. The van der Waals surface area contributed by atoms with E-state index in [1.165, 1.54) is 0 Å². The maximum atomic E-state index is 12.5. The summed E-state index contributed by atoms with van der Waals surface area (Å²) in [6.45, 7) is 5.79. The number of para-hydroxylation sites is 2. The molecule has 1 aromatic carbocycles. The molecule has 0 bridgehead atoms. The second kappa shape index (κ2) is 5.76. The third-order valence-electron chi connectivity index (χ3n) is 4.18. The van der Waals surface area contributed by atoms with Crippen LogP contribution in [-0.2, 0) is 13.5 Å². The number of aryl methyl sites for hydroxylation is 1. The summed E-state index contributed by atoms with van der Waals surface area (Å²) in [5, 5.41) is 0. The number of nitrogens with two attached hydrogens (primary N) is 1. The van der Waals surface area contributed by atoms with E-state index in [0.717, 1.165) is 28.8 Å². The highest BCUT2D eigenvalue weighted by atomic mass is 16.1. The number of allylic oxidation sites excluding steroid dienone is 1. The van der Waals surface area contributed by atoms with Crippen LogP contribution in [0.15, 0.2) is 59.7 Å². The van der Waals surface area contributed by atoms with Crippen LogP contribution < -0.4 is 11.4 Å². The smallest absolute Gasteiger partial charge is 0.333 e. The molecule has 2 N–H and O–H groups in total. The second-order valence-electron chi connectivity index (χ2n) is 5.85. The number of hydrogen-bond acceptors (Lipinski definition) is 3. The van der Waals surface area contributed by atoms with Crippen LogP contribution in [0.5, 0.6) is 0 Å². The van der Waals surface area contributed by atoms with Crippen LogP contribution >= 0.6 is 0 Å². The summed E-state index contributed by atoms with van der Waals surface area (Å²) in [4.78, 5) is 17.0. The third kappa shape index (κ3) is 2.65. The predicted octanol–water partition coefficient (Wildman–Crippen LogP) is 2.38. The molecule has 0 aliphatic heterocycles. The number of imidazole rings is 1. The molecule has 0 saturated heterocycles. The van der Waals surface area contributed by atoms with Crippen LogP contribution in [0, 0.1) is 5.92 Å². The van der Waals surface area contributed by atoms with E-state index in [4.69, 9.17) is 5.73 Å². The lowest BCUT2D eigenvalue weighted by molar-refractivity contribution is 0.659. The molecular formula is C18H20N4O. The summed E-state index contributed by atoms with van der Waals surface area (Å²) < 4.78 is 3.32. The molecular weight excluding hydrogens is 288 g/mol. The fourth-order valence-electron chi connectivity index (χ4n) is 2.66. The van der Waals surface area contributed by atoms with E-state index in [2.05, 4.69) is 11.6 Å². The van der Waals surface area contributed by atoms with Crippen LogP contribution in [0.3, 0.4) is 0 Å². The summed E-state index contributed by atoms with van der Waals surface area (Å²) in [5.74, 6) is 0.175. The molecule has 0 aliphatic rings. The average Bonchev–Trinajstić information content (AvgIpc) is 2.80. The second-order valence-corrected chi connectivity index (χ2v) is 5.85. The molecule has 0 amide bonds. The molecule has 5 heteroatoms. The normalized spacial score (nSPS) is 12.4. The summed E-state index contributed by atoms with van der Waals surface area (Å²) in [6.07, 6.45) is 2.47. The summed E-state index contributed by atoms with van der Waals surface area (Å²) >= 11 is 0. The van der Waals surface area contributed by atoms with Gasteiger partial charge in [0.05, 0.1) is 22.9 Å². The highest BCUT2D eigenvalue weighted by Gasteiger charge is 2.12. The molecule has 3 rings (SSSR count). The van der Waals surface area contributed by atoms with Crippen molar-refractivity contribution >= 4 is 11.0 Å². The van der Waals surface area contributed by atoms with E-state index in [1.807, 2.05) is 43.3 Å². The van der Waals surface area contributed by atoms with E-state index in [-0.39, 0.29) is 11.6 Å². The van der Waals surface area contributed by atoms with Crippen molar-refractivity contribution < 1.29 is 0 Å². The molecule has 1 atom stereocenters. The van der Waals surface area contributed by atoms with E-state index in [9.17, 15) is 4.79 Å². The molecule has 3 aromatic rings. The van der Waals surface area contributed by atoms with Crippen molar-refractivity contribution in [2.24, 2.45) is 18.7 Å². The van der Waals surface area contributed by atoms with Crippen molar-refractivity contribution in [1.29, 1.82) is 0 Å². The Hall–Kier alpha value is -2.82. The minimum Gasteiger partial charge on any atom is -0.402 e. The van der Waals surface area contributed by atoms with Gasteiger partial charge in [0.1, 0.15) is 0 Å². The zero-order valence-corrected chi connectivity index (χ0v) is 13.4. The van der Waals surface area contributed by atoms with Gasteiger partial charge in [-0.15, -0.1) is 0 Å². The number of pyridine rings is 1. The van der Waals surface area contributed by atoms with Gasteiger partial charge >= 0.3 is 5.69 Å². The van der Waals surface area contributed by atoms with Crippen molar-refractivity contribution in [2.45, 2.75) is 13.3 Å². The van der Waals surface area contributed by atoms with Gasteiger partial charge in [-0.05, 0) is 30.7 Å². The molecule has 0 saturated carbocycles. The summed E-state index contributed by atoms with van der Waals surface area (Å²) in [6, 6.07) is 11.6. The molecule has 0 radical (unpaired) electrons. The predicted molar refractivity (Wildman–Crippen MR) is 92.5 cm³/mol. The molecule has 0 aliphatic carbocycles. The Kier molecular flexibility index (Phi) is 3.78. The van der Waals surface area contributed by atoms with Crippen molar-refractivity contribution in [3.63, 3.8) is 0 Å². The van der Waals surface area contributed by atoms with Crippen molar-refractivity contribution in [3.8, 4) is 5.69 Å². The first kappa shape index (κ1) is 15.1. The summed E-state index contributed by atoms with van der Waals surface area (Å²) in [5.41, 5.74) is 9.76. The quantitative estimate of drug-likeness (QED) is 0.804. The standard InChI is InChI=1S/C18H20N4O/c1-12(13(2)19)10-14-8-9-15(11-20-14)22-17-7-5-4-6-16(17)21(3)18(22)23/h4-9,11-12H,2,10,19H2,1,3H3/t12-/m0/s1. The van der Waals surface area contributed by atoms with Gasteiger partial charge in [-0.1, -0.05) is 25.6 Å². The minimum absolute atomic E-state index is 0.0792. The Morgan fingerprint density at radius 1 is 1.26 bits per heavy atom. The first-order valence-corrected chi connectivity index (χ1v) is 7.55. The Bertz CT molecular complexity index is 918. The van der Waals surface area contributed by atoms with Crippen molar-refractivity contribution in [3.05, 3.63) is 71.0 Å². The topological polar surface area (TPSA) is 65.8 Å². The minimum atomic E-state index is -0.0792. The van der Waals surface area contributed by atoms with Crippen LogP contribution in [0.25, 0.3) is 16.7 Å². The number of rotatable bonds is 4. The largest absolute Gasteiger partial charge is 0.402 e. The lowest BCUT2D eigenvalue weighted by Gasteiger charge is -2.10. The zero-order valence-electron chi connectivity index (χ0n) is 13.4. The molecule has 0 unspecified atom stereocenters. The fraction of sp³-hybridized carbons (Fsp3) is 0.222. The number of aromatic nitrogens is 3. The fourth-order valence-corrected chi connectivity index (χ4v) is 2.66. The number of hydrogen-bond donors (Lipinski definition) is 1. The van der Waals surface area contributed by atoms with Crippen LogP contribution in [0.2, 0.25) is 0 Å². The maximum absolute atomic E-state index is 12.5. The molecule has 0 spiro atoms. The highest BCUT2D eigenvalue weighted by Crippen LogP contribution is 2.17. The molecule has 2 heterocycles. The van der Waals surface area contributed by atoms with E-state index in [0.29, 0.717) is 5.70 Å².